The highest BCUT2D eigenvalue weighted by Crippen LogP contribution is 2.30. The van der Waals surface area contributed by atoms with Gasteiger partial charge < -0.3 is 9.72 Å². The predicted octanol–water partition coefficient (Wildman–Crippen LogP) is 5.78. The van der Waals surface area contributed by atoms with Gasteiger partial charge in [-0.3, -0.25) is 5.32 Å². The van der Waals surface area contributed by atoms with Crippen molar-refractivity contribution in [1.29, 1.82) is 0 Å². The number of H-pyrrole nitrogens is 1. The minimum atomic E-state index is -4.39. The largest absolute Gasteiger partial charge is 0.444 e. The van der Waals surface area contributed by atoms with Gasteiger partial charge in [-0.1, -0.05) is 0 Å². The van der Waals surface area contributed by atoms with Crippen LogP contribution in [0.1, 0.15) is 26.3 Å². The Kier molecular flexibility index (Phi) is 5.15. The van der Waals surface area contributed by atoms with Crippen molar-refractivity contribution in [3.8, 4) is 16.9 Å². The molecule has 1 aromatic carbocycles. The maximum absolute atomic E-state index is 12.8. The molecule has 0 unspecified atom stereocenters. The molecule has 166 valence electrons. The molecule has 0 spiro atoms. The van der Waals surface area contributed by atoms with Crippen LogP contribution >= 0.6 is 0 Å². The second kappa shape index (κ2) is 7.70. The van der Waals surface area contributed by atoms with Crippen molar-refractivity contribution in [3.63, 3.8) is 0 Å². The van der Waals surface area contributed by atoms with E-state index in [4.69, 9.17) is 4.74 Å². The van der Waals surface area contributed by atoms with Crippen molar-refractivity contribution < 1.29 is 22.7 Å². The smallest absolute Gasteiger partial charge is 0.416 e. The number of alkyl halides is 3. The number of benzene rings is 1. The van der Waals surface area contributed by atoms with Crippen LogP contribution in [-0.2, 0) is 10.9 Å². The summed E-state index contributed by atoms with van der Waals surface area (Å²) >= 11 is 0. The number of aromatic nitrogens is 4. The molecule has 0 saturated carbocycles. The fraction of sp³-hybridized carbons (Fsp3) is 0.227. The first-order valence-corrected chi connectivity index (χ1v) is 9.70. The molecular formula is C22H20F3N5O2. The second-order valence-corrected chi connectivity index (χ2v) is 8.14. The SMILES string of the molecule is CC(C)(C)OC(=O)Nc1c[nH]c2ccc(-c3cnn(-c4ccc(C(F)(F)F)cc4)c3)nc12. The van der Waals surface area contributed by atoms with E-state index >= 15 is 0 Å². The molecule has 4 rings (SSSR count). The third-order valence-electron chi connectivity index (χ3n) is 4.50. The van der Waals surface area contributed by atoms with Gasteiger partial charge in [-0.2, -0.15) is 18.3 Å². The van der Waals surface area contributed by atoms with Crippen molar-refractivity contribution >= 4 is 22.8 Å². The van der Waals surface area contributed by atoms with Crippen molar-refractivity contribution in [2.24, 2.45) is 0 Å². The summed E-state index contributed by atoms with van der Waals surface area (Å²) in [6.07, 6.45) is -0.129. The lowest BCUT2D eigenvalue weighted by Gasteiger charge is -2.19. The first-order valence-electron chi connectivity index (χ1n) is 9.70. The molecule has 0 aliphatic carbocycles. The first kappa shape index (κ1) is 21.4. The van der Waals surface area contributed by atoms with Gasteiger partial charge in [0.05, 0.1) is 34.3 Å². The fourth-order valence-electron chi connectivity index (χ4n) is 3.07. The number of nitrogens with one attached hydrogen (secondary N) is 2. The number of amides is 1. The van der Waals surface area contributed by atoms with Crippen LogP contribution in [0, 0.1) is 0 Å². The molecular weight excluding hydrogens is 423 g/mol. The average Bonchev–Trinajstić information content (AvgIpc) is 3.33. The summed E-state index contributed by atoms with van der Waals surface area (Å²) in [6, 6.07) is 8.32. The third kappa shape index (κ3) is 4.58. The molecule has 3 aromatic heterocycles. The third-order valence-corrected chi connectivity index (χ3v) is 4.50. The van der Waals surface area contributed by atoms with Gasteiger partial charge in [0, 0.05) is 18.0 Å². The highest BCUT2D eigenvalue weighted by Gasteiger charge is 2.30. The monoisotopic (exact) mass is 443 g/mol. The van der Waals surface area contributed by atoms with E-state index in [1.54, 1.807) is 45.4 Å². The molecule has 7 nitrogen and oxygen atoms in total. The van der Waals surface area contributed by atoms with E-state index in [9.17, 15) is 18.0 Å². The summed E-state index contributed by atoms with van der Waals surface area (Å²) in [5.74, 6) is 0. The number of halogens is 3. The van der Waals surface area contributed by atoms with Gasteiger partial charge in [0.1, 0.15) is 11.1 Å². The van der Waals surface area contributed by atoms with Gasteiger partial charge in [0.15, 0.2) is 0 Å². The maximum Gasteiger partial charge on any atom is 0.416 e. The number of carbonyl (C=O) groups is 1. The lowest BCUT2D eigenvalue weighted by atomic mass is 10.2. The molecule has 0 bridgehead atoms. The number of ether oxygens (including phenoxy) is 1. The Bertz CT molecular complexity index is 1270. The topological polar surface area (TPSA) is 84.8 Å². The fourth-order valence-corrected chi connectivity index (χ4v) is 3.07. The number of anilines is 1. The number of pyridine rings is 1. The zero-order valence-corrected chi connectivity index (χ0v) is 17.5. The summed E-state index contributed by atoms with van der Waals surface area (Å²) in [6.45, 7) is 5.31. The van der Waals surface area contributed by atoms with Crippen LogP contribution in [0.2, 0.25) is 0 Å². The van der Waals surface area contributed by atoms with E-state index in [1.807, 2.05) is 6.07 Å². The summed E-state index contributed by atoms with van der Waals surface area (Å²) in [5.41, 5.74) is 2.09. The minimum Gasteiger partial charge on any atom is -0.444 e. The predicted molar refractivity (Wildman–Crippen MR) is 114 cm³/mol. The van der Waals surface area contributed by atoms with Crippen molar-refractivity contribution in [3.05, 3.63) is 60.6 Å². The van der Waals surface area contributed by atoms with Crippen LogP contribution in [0.5, 0.6) is 0 Å². The molecule has 3 heterocycles. The highest BCUT2D eigenvalue weighted by atomic mass is 19.4. The Hall–Kier alpha value is -3.82. The van der Waals surface area contributed by atoms with Crippen LogP contribution in [0.4, 0.5) is 23.7 Å². The Morgan fingerprint density at radius 1 is 1.09 bits per heavy atom. The van der Waals surface area contributed by atoms with Gasteiger partial charge >= 0.3 is 12.3 Å². The molecule has 0 aliphatic heterocycles. The van der Waals surface area contributed by atoms with Gasteiger partial charge in [-0.25, -0.2) is 14.5 Å². The standard InChI is InChI=1S/C22H20F3N5O2/c1-21(2,3)32-20(31)29-18-11-26-17-9-8-16(28-19(17)18)13-10-27-30(12-13)15-6-4-14(5-7-15)22(23,24)25/h4-12,26H,1-3H3,(H,29,31). The summed E-state index contributed by atoms with van der Waals surface area (Å²) in [7, 11) is 0. The van der Waals surface area contributed by atoms with Gasteiger partial charge in [-0.05, 0) is 57.2 Å². The Morgan fingerprint density at radius 2 is 1.81 bits per heavy atom. The van der Waals surface area contributed by atoms with E-state index in [0.29, 0.717) is 28.1 Å². The van der Waals surface area contributed by atoms with Gasteiger partial charge in [0.25, 0.3) is 0 Å². The molecule has 0 fully saturated rings. The molecule has 0 saturated heterocycles. The Labute approximate surface area is 181 Å². The Balaban J connectivity index is 1.59. The number of hydrogen-bond acceptors (Lipinski definition) is 4. The molecule has 0 atom stereocenters. The van der Waals surface area contributed by atoms with Crippen LogP contribution in [0.3, 0.4) is 0 Å². The first-order chi connectivity index (χ1) is 15.0. The number of rotatable bonds is 3. The zero-order chi connectivity index (χ0) is 23.1. The van der Waals surface area contributed by atoms with Crippen molar-refractivity contribution in [1.82, 2.24) is 19.7 Å². The average molecular weight is 443 g/mol. The molecule has 0 radical (unpaired) electrons. The summed E-state index contributed by atoms with van der Waals surface area (Å²) in [4.78, 5) is 19.8. The quantitative estimate of drug-likeness (QED) is 0.420. The number of hydrogen-bond donors (Lipinski definition) is 2. The normalized spacial score (nSPS) is 12.2. The molecule has 0 aliphatic rings. The lowest BCUT2D eigenvalue weighted by molar-refractivity contribution is -0.137. The van der Waals surface area contributed by atoms with E-state index in [2.05, 4.69) is 20.4 Å². The van der Waals surface area contributed by atoms with Gasteiger partial charge in [0.2, 0.25) is 0 Å². The molecule has 2 N–H and O–H groups in total. The summed E-state index contributed by atoms with van der Waals surface area (Å²) < 4.78 is 45.1. The number of aromatic amines is 1. The van der Waals surface area contributed by atoms with E-state index in [0.717, 1.165) is 17.6 Å². The minimum absolute atomic E-state index is 0.464. The second-order valence-electron chi connectivity index (χ2n) is 8.14. The lowest BCUT2D eigenvalue weighted by Crippen LogP contribution is -2.27. The molecule has 32 heavy (non-hydrogen) atoms. The van der Waals surface area contributed by atoms with Crippen molar-refractivity contribution in [2.45, 2.75) is 32.5 Å². The van der Waals surface area contributed by atoms with Crippen LogP contribution in [0.15, 0.2) is 55.0 Å². The number of fused-ring (bicyclic) bond motifs is 1. The Morgan fingerprint density at radius 3 is 2.47 bits per heavy atom. The van der Waals surface area contributed by atoms with Crippen molar-refractivity contribution in [2.75, 3.05) is 5.32 Å². The zero-order valence-electron chi connectivity index (χ0n) is 17.5. The summed E-state index contributed by atoms with van der Waals surface area (Å²) in [5, 5.41) is 6.91. The highest BCUT2D eigenvalue weighted by molar-refractivity contribution is 5.98. The van der Waals surface area contributed by atoms with E-state index in [1.165, 1.54) is 16.8 Å². The van der Waals surface area contributed by atoms with Crippen LogP contribution < -0.4 is 5.32 Å². The van der Waals surface area contributed by atoms with E-state index < -0.39 is 23.4 Å². The van der Waals surface area contributed by atoms with Gasteiger partial charge in [-0.15, -0.1) is 0 Å². The molecule has 1 amide bonds. The van der Waals surface area contributed by atoms with Crippen LogP contribution in [-0.4, -0.2) is 31.4 Å². The molecule has 10 heteroatoms. The van der Waals surface area contributed by atoms with Crippen LogP contribution in [0.25, 0.3) is 28.0 Å². The molecule has 4 aromatic rings. The number of carbonyl (C=O) groups excluding carboxylic acids is 1. The number of nitrogens with zero attached hydrogens (tertiary/aromatic N) is 3. The maximum atomic E-state index is 12.8. The van der Waals surface area contributed by atoms with E-state index in [-0.39, 0.29) is 0 Å².